The highest BCUT2D eigenvalue weighted by atomic mass is 14.8. The van der Waals surface area contributed by atoms with Crippen molar-refractivity contribution < 1.29 is 0 Å². The fraction of sp³-hybridized carbons (Fsp3) is 0.778. The van der Waals surface area contributed by atoms with Crippen LogP contribution in [0.3, 0.4) is 0 Å². The zero-order valence-electron chi connectivity index (χ0n) is 7.31. The van der Waals surface area contributed by atoms with E-state index in [-0.39, 0.29) is 0 Å². The van der Waals surface area contributed by atoms with Crippen LogP contribution in [0.1, 0.15) is 27.7 Å². The molecule has 0 aromatic rings. The van der Waals surface area contributed by atoms with E-state index >= 15 is 0 Å². The topological polar surface area (TPSA) is 26.0 Å². The van der Waals surface area contributed by atoms with Crippen molar-refractivity contribution >= 4 is 0 Å². The van der Waals surface area contributed by atoms with Gasteiger partial charge in [0.05, 0.1) is 0 Å². The van der Waals surface area contributed by atoms with E-state index in [9.17, 15) is 0 Å². The number of nitrogens with two attached hydrogens (primary N) is 1. The summed E-state index contributed by atoms with van der Waals surface area (Å²) in [5.74, 6) is 0.623. The molecule has 0 bridgehead atoms. The van der Waals surface area contributed by atoms with Crippen LogP contribution in [0.4, 0.5) is 0 Å². The van der Waals surface area contributed by atoms with E-state index in [1.165, 1.54) is 5.57 Å². The molecule has 1 aliphatic rings. The molecule has 2 atom stereocenters. The van der Waals surface area contributed by atoms with Gasteiger partial charge >= 0.3 is 0 Å². The molecular weight excluding hydrogens is 122 g/mol. The Labute approximate surface area is 63.3 Å². The minimum atomic E-state index is 0.358. The number of hydrogen-bond donors (Lipinski definition) is 1. The first kappa shape index (κ1) is 7.80. The lowest BCUT2D eigenvalue weighted by Gasteiger charge is -1.96. The van der Waals surface area contributed by atoms with Crippen LogP contribution in [0.15, 0.2) is 11.6 Å². The Morgan fingerprint density at radius 3 is 1.90 bits per heavy atom. The van der Waals surface area contributed by atoms with Crippen LogP contribution in [-0.2, 0) is 0 Å². The third kappa shape index (κ3) is 1.10. The molecule has 0 spiro atoms. The molecule has 1 heteroatoms. The first-order valence-electron chi connectivity index (χ1n) is 3.87. The summed E-state index contributed by atoms with van der Waals surface area (Å²) >= 11 is 0. The highest BCUT2D eigenvalue weighted by molar-refractivity contribution is 5.19. The molecule has 1 saturated carbocycles. The minimum absolute atomic E-state index is 0.358. The van der Waals surface area contributed by atoms with Crippen LogP contribution < -0.4 is 5.73 Å². The summed E-state index contributed by atoms with van der Waals surface area (Å²) in [6, 6.07) is 0.391. The van der Waals surface area contributed by atoms with Gasteiger partial charge in [0.25, 0.3) is 0 Å². The Kier molecular flexibility index (Phi) is 1.63. The van der Waals surface area contributed by atoms with Crippen LogP contribution in [-0.4, -0.2) is 6.04 Å². The van der Waals surface area contributed by atoms with Crippen molar-refractivity contribution in [3.63, 3.8) is 0 Å². The molecule has 1 rings (SSSR count). The van der Waals surface area contributed by atoms with Crippen molar-refractivity contribution in [1.82, 2.24) is 0 Å². The van der Waals surface area contributed by atoms with Gasteiger partial charge in [0.1, 0.15) is 0 Å². The molecule has 1 aliphatic carbocycles. The van der Waals surface area contributed by atoms with Gasteiger partial charge in [-0.1, -0.05) is 25.5 Å². The highest BCUT2D eigenvalue weighted by Crippen LogP contribution is 2.51. The van der Waals surface area contributed by atoms with E-state index in [4.69, 9.17) is 5.73 Å². The second-order valence-corrected chi connectivity index (χ2v) is 4.12. The van der Waals surface area contributed by atoms with Gasteiger partial charge in [-0.2, -0.15) is 0 Å². The zero-order chi connectivity index (χ0) is 7.94. The van der Waals surface area contributed by atoms with Gasteiger partial charge in [-0.3, -0.25) is 0 Å². The Bertz CT molecular complexity index is 164. The van der Waals surface area contributed by atoms with Gasteiger partial charge in [-0.05, 0) is 25.2 Å². The smallest absolute Gasteiger partial charge is 0.0166 e. The molecule has 0 radical (unpaired) electrons. The van der Waals surface area contributed by atoms with Gasteiger partial charge in [0.15, 0.2) is 0 Å². The molecule has 0 aromatic carbocycles. The first-order chi connectivity index (χ1) is 4.46. The maximum Gasteiger partial charge on any atom is 0.0166 e. The van der Waals surface area contributed by atoms with Crippen molar-refractivity contribution in [2.45, 2.75) is 33.7 Å². The molecule has 58 valence electrons. The van der Waals surface area contributed by atoms with Crippen molar-refractivity contribution in [2.24, 2.45) is 17.1 Å². The molecule has 1 nitrogen and oxygen atoms in total. The maximum atomic E-state index is 5.85. The average molecular weight is 139 g/mol. The second-order valence-electron chi connectivity index (χ2n) is 4.12. The summed E-state index contributed by atoms with van der Waals surface area (Å²) < 4.78 is 0. The van der Waals surface area contributed by atoms with Gasteiger partial charge in [-0.25, -0.2) is 0 Å². The molecule has 2 N–H and O–H groups in total. The van der Waals surface area contributed by atoms with E-state index in [1.54, 1.807) is 0 Å². The lowest BCUT2D eigenvalue weighted by atomic mass is 10.1. The lowest BCUT2D eigenvalue weighted by Crippen LogP contribution is -2.06. The zero-order valence-corrected chi connectivity index (χ0v) is 7.31. The van der Waals surface area contributed by atoms with Crippen molar-refractivity contribution in [1.29, 1.82) is 0 Å². The Hall–Kier alpha value is -0.300. The van der Waals surface area contributed by atoms with Gasteiger partial charge in [0, 0.05) is 6.04 Å². The summed E-state index contributed by atoms with van der Waals surface area (Å²) in [5, 5.41) is 0. The monoisotopic (exact) mass is 139 g/mol. The molecule has 0 saturated heterocycles. The van der Waals surface area contributed by atoms with Crippen molar-refractivity contribution in [3.05, 3.63) is 11.6 Å². The molecule has 1 fully saturated rings. The largest absolute Gasteiger partial charge is 0.327 e. The Balaban J connectivity index is 2.58. The molecule has 0 unspecified atom stereocenters. The van der Waals surface area contributed by atoms with E-state index < -0.39 is 0 Å². The quantitative estimate of drug-likeness (QED) is 0.552. The third-order valence-electron chi connectivity index (χ3n) is 2.51. The van der Waals surface area contributed by atoms with Gasteiger partial charge in [-0.15, -0.1) is 0 Å². The van der Waals surface area contributed by atoms with E-state index in [1.807, 2.05) is 0 Å². The molecule has 10 heavy (non-hydrogen) atoms. The number of allylic oxidation sites excluding steroid dienone is 1. The summed E-state index contributed by atoms with van der Waals surface area (Å²) in [7, 11) is 0. The van der Waals surface area contributed by atoms with Crippen LogP contribution in [0.25, 0.3) is 0 Å². The van der Waals surface area contributed by atoms with Crippen LogP contribution >= 0.6 is 0 Å². The number of hydrogen-bond acceptors (Lipinski definition) is 1. The molecule has 0 heterocycles. The summed E-state index contributed by atoms with van der Waals surface area (Å²) in [4.78, 5) is 0. The van der Waals surface area contributed by atoms with E-state index in [2.05, 4.69) is 33.8 Å². The predicted molar refractivity (Wildman–Crippen MR) is 44.7 cm³/mol. The van der Waals surface area contributed by atoms with Crippen molar-refractivity contribution in [2.75, 3.05) is 0 Å². The average Bonchev–Trinajstić information content (AvgIpc) is 2.17. The Morgan fingerprint density at radius 2 is 1.80 bits per heavy atom. The van der Waals surface area contributed by atoms with E-state index in [0.29, 0.717) is 17.4 Å². The highest BCUT2D eigenvalue weighted by Gasteiger charge is 2.53. The van der Waals surface area contributed by atoms with Crippen LogP contribution in [0.2, 0.25) is 0 Å². The van der Waals surface area contributed by atoms with Crippen LogP contribution in [0, 0.1) is 11.3 Å². The van der Waals surface area contributed by atoms with Gasteiger partial charge in [0.2, 0.25) is 0 Å². The number of rotatable bonds is 1. The fourth-order valence-corrected chi connectivity index (χ4v) is 1.40. The van der Waals surface area contributed by atoms with E-state index in [0.717, 1.165) is 0 Å². The minimum Gasteiger partial charge on any atom is -0.327 e. The molecular formula is C9H17N. The van der Waals surface area contributed by atoms with Crippen molar-refractivity contribution in [3.8, 4) is 0 Å². The summed E-state index contributed by atoms with van der Waals surface area (Å²) in [5.41, 5.74) is 7.59. The second kappa shape index (κ2) is 2.09. The molecule has 0 aliphatic heterocycles. The summed E-state index contributed by atoms with van der Waals surface area (Å²) in [6.45, 7) is 8.70. The lowest BCUT2D eigenvalue weighted by molar-refractivity contribution is 0.590. The maximum absolute atomic E-state index is 5.85. The summed E-state index contributed by atoms with van der Waals surface area (Å²) in [6.07, 6.45) is 2.28. The molecule has 0 amide bonds. The molecule has 0 aromatic heterocycles. The fourth-order valence-electron chi connectivity index (χ4n) is 1.40. The predicted octanol–water partition coefficient (Wildman–Crippen LogP) is 1.94. The van der Waals surface area contributed by atoms with Crippen LogP contribution in [0.5, 0.6) is 0 Å². The third-order valence-corrected chi connectivity index (χ3v) is 2.51. The normalized spacial score (nSPS) is 35.3. The SMILES string of the molecule is CC(C)=C[C@H]1[C@H](N)C1(C)C. The Morgan fingerprint density at radius 1 is 1.40 bits per heavy atom. The van der Waals surface area contributed by atoms with Gasteiger partial charge < -0.3 is 5.73 Å². The standard InChI is InChI=1S/C9H17N/c1-6(2)5-7-8(10)9(7,3)4/h5,7-8H,10H2,1-4H3/t7-,8-/m0/s1. The first-order valence-corrected chi connectivity index (χ1v) is 3.87.